The zero-order valence-corrected chi connectivity index (χ0v) is 6.05. The van der Waals surface area contributed by atoms with Crippen molar-refractivity contribution in [1.29, 1.82) is 0 Å². The zero-order valence-electron chi connectivity index (χ0n) is 6.05. The van der Waals surface area contributed by atoms with E-state index in [4.69, 9.17) is 0 Å². The molecule has 0 aromatic rings. The van der Waals surface area contributed by atoms with Gasteiger partial charge in [-0.1, -0.05) is 6.92 Å². The van der Waals surface area contributed by atoms with E-state index >= 15 is 0 Å². The first kappa shape index (κ1) is 11.3. The summed E-state index contributed by atoms with van der Waals surface area (Å²) in [6.07, 6.45) is -11.2. The highest BCUT2D eigenvalue weighted by atomic mass is 19.4. The van der Waals surface area contributed by atoms with Gasteiger partial charge in [-0.15, -0.1) is 0 Å². The molecule has 0 unspecified atom stereocenters. The number of alkyl halides is 6. The summed E-state index contributed by atoms with van der Waals surface area (Å²) in [6, 6.07) is 0. The van der Waals surface area contributed by atoms with Crippen molar-refractivity contribution >= 4 is 0 Å². The predicted octanol–water partition coefficient (Wildman–Crippen LogP) is 3.45. The van der Waals surface area contributed by atoms with Crippen LogP contribution in [0.3, 0.4) is 0 Å². The van der Waals surface area contributed by atoms with Crippen molar-refractivity contribution in [3.63, 3.8) is 0 Å². The Morgan fingerprint density at radius 3 is 1.58 bits per heavy atom. The van der Waals surface area contributed by atoms with Gasteiger partial charge in [-0.3, -0.25) is 0 Å². The quantitative estimate of drug-likeness (QED) is 0.441. The number of hydrogen-bond acceptors (Lipinski definition) is 0. The summed E-state index contributed by atoms with van der Waals surface area (Å²) in [5.74, 6) is 0. The van der Waals surface area contributed by atoms with Crippen LogP contribution >= 0.6 is 0 Å². The Morgan fingerprint density at radius 1 is 1.08 bits per heavy atom. The van der Waals surface area contributed by atoms with Crippen LogP contribution in [0.1, 0.15) is 13.3 Å². The summed E-state index contributed by atoms with van der Waals surface area (Å²) in [5.41, 5.74) is -1.56. The van der Waals surface area contributed by atoms with Gasteiger partial charge in [0.05, 0.1) is 0 Å². The Bertz CT molecular complexity index is 171. The third-order valence-corrected chi connectivity index (χ3v) is 1.08. The minimum atomic E-state index is -4.90. The van der Waals surface area contributed by atoms with Crippen LogP contribution in [-0.4, -0.2) is 12.4 Å². The molecule has 0 rings (SSSR count). The maximum absolute atomic E-state index is 11.7. The standard InChI is InChI=1S/C6H6F6/c1-2-4(6(10,11)12)3-5(7,8)9/h3H,2H2,1H3. The van der Waals surface area contributed by atoms with Gasteiger partial charge in [0, 0.05) is 11.6 Å². The Morgan fingerprint density at radius 2 is 1.50 bits per heavy atom. The van der Waals surface area contributed by atoms with Crippen molar-refractivity contribution < 1.29 is 26.3 Å². The molecule has 0 nitrogen and oxygen atoms in total. The van der Waals surface area contributed by atoms with Gasteiger partial charge in [0.1, 0.15) is 0 Å². The third-order valence-electron chi connectivity index (χ3n) is 1.08. The Balaban J connectivity index is 4.68. The highest BCUT2D eigenvalue weighted by Gasteiger charge is 2.36. The molecule has 72 valence electrons. The van der Waals surface area contributed by atoms with Crippen LogP contribution in [-0.2, 0) is 0 Å². The van der Waals surface area contributed by atoms with Crippen molar-refractivity contribution in [1.82, 2.24) is 0 Å². The zero-order chi connectivity index (χ0) is 9.99. The van der Waals surface area contributed by atoms with Crippen molar-refractivity contribution in [3.8, 4) is 0 Å². The molecule has 0 aromatic heterocycles. The summed E-state index contributed by atoms with van der Waals surface area (Å²) in [4.78, 5) is 0. The van der Waals surface area contributed by atoms with E-state index in [2.05, 4.69) is 0 Å². The van der Waals surface area contributed by atoms with Gasteiger partial charge >= 0.3 is 12.4 Å². The Kier molecular flexibility index (Phi) is 3.17. The van der Waals surface area contributed by atoms with Crippen LogP contribution in [0.5, 0.6) is 0 Å². The lowest BCUT2D eigenvalue weighted by Crippen LogP contribution is -2.15. The first-order chi connectivity index (χ1) is 5.17. The first-order valence-corrected chi connectivity index (χ1v) is 3.02. The van der Waals surface area contributed by atoms with E-state index in [-0.39, 0.29) is 0 Å². The molecule has 0 atom stereocenters. The molecule has 0 aliphatic carbocycles. The number of hydrogen-bond donors (Lipinski definition) is 0. The lowest BCUT2D eigenvalue weighted by Gasteiger charge is -2.10. The van der Waals surface area contributed by atoms with Crippen LogP contribution in [0.4, 0.5) is 26.3 Å². The fraction of sp³-hybridized carbons (Fsp3) is 0.667. The SMILES string of the molecule is CCC(=CC(F)(F)F)C(F)(F)F. The topological polar surface area (TPSA) is 0 Å². The first-order valence-electron chi connectivity index (χ1n) is 3.02. The molecule has 0 bridgehead atoms. The van der Waals surface area contributed by atoms with Crippen molar-refractivity contribution in [3.05, 3.63) is 11.6 Å². The second-order valence-corrected chi connectivity index (χ2v) is 2.06. The van der Waals surface area contributed by atoms with Crippen LogP contribution in [0.15, 0.2) is 11.6 Å². The predicted molar refractivity (Wildman–Crippen MR) is 30.5 cm³/mol. The summed E-state index contributed by atoms with van der Waals surface area (Å²) >= 11 is 0. The lowest BCUT2D eigenvalue weighted by atomic mass is 10.2. The lowest BCUT2D eigenvalue weighted by molar-refractivity contribution is -0.109. The molecule has 0 aromatic carbocycles. The largest absolute Gasteiger partial charge is 0.412 e. The molecular weight excluding hydrogens is 186 g/mol. The molecule has 6 heteroatoms. The second kappa shape index (κ2) is 3.37. The number of halogens is 6. The smallest absolute Gasteiger partial charge is 0.167 e. The van der Waals surface area contributed by atoms with Crippen LogP contribution in [0, 0.1) is 0 Å². The van der Waals surface area contributed by atoms with Crippen LogP contribution < -0.4 is 0 Å². The maximum atomic E-state index is 11.7. The maximum Gasteiger partial charge on any atom is 0.412 e. The van der Waals surface area contributed by atoms with E-state index in [1.54, 1.807) is 0 Å². The minimum Gasteiger partial charge on any atom is -0.167 e. The highest BCUT2D eigenvalue weighted by Crippen LogP contribution is 2.31. The number of rotatable bonds is 1. The molecular formula is C6H6F6. The van der Waals surface area contributed by atoms with Crippen molar-refractivity contribution in [2.45, 2.75) is 25.7 Å². The van der Waals surface area contributed by atoms with Gasteiger partial charge in [-0.2, -0.15) is 26.3 Å². The molecule has 0 heterocycles. The third kappa shape index (κ3) is 4.25. The molecule has 0 saturated heterocycles. The average Bonchev–Trinajstić information content (AvgIpc) is 1.78. The summed E-state index contributed by atoms with van der Waals surface area (Å²) in [5, 5.41) is 0. The fourth-order valence-electron chi connectivity index (χ4n) is 0.582. The van der Waals surface area contributed by atoms with Gasteiger partial charge in [0.25, 0.3) is 0 Å². The molecule has 0 aliphatic rings. The van der Waals surface area contributed by atoms with Gasteiger partial charge in [-0.25, -0.2) is 0 Å². The van der Waals surface area contributed by atoms with E-state index in [0.717, 1.165) is 6.92 Å². The van der Waals surface area contributed by atoms with E-state index in [0.29, 0.717) is 0 Å². The molecule has 0 N–H and O–H groups in total. The highest BCUT2D eigenvalue weighted by molar-refractivity contribution is 5.10. The van der Waals surface area contributed by atoms with E-state index in [9.17, 15) is 26.3 Å². The molecule has 0 radical (unpaired) electrons. The minimum absolute atomic E-state index is 0.678. The molecule has 0 amide bonds. The van der Waals surface area contributed by atoms with Gasteiger partial charge in [-0.05, 0) is 6.42 Å². The van der Waals surface area contributed by atoms with Crippen molar-refractivity contribution in [2.24, 2.45) is 0 Å². The average molecular weight is 192 g/mol. The normalized spacial score (nSPS) is 15.1. The van der Waals surface area contributed by atoms with Gasteiger partial charge < -0.3 is 0 Å². The van der Waals surface area contributed by atoms with Crippen molar-refractivity contribution in [2.75, 3.05) is 0 Å². The Labute approximate surface area is 64.9 Å². The fourth-order valence-corrected chi connectivity index (χ4v) is 0.582. The van der Waals surface area contributed by atoms with Gasteiger partial charge in [0.2, 0.25) is 0 Å². The molecule has 0 saturated carbocycles. The van der Waals surface area contributed by atoms with Crippen LogP contribution in [0.25, 0.3) is 0 Å². The molecule has 12 heavy (non-hydrogen) atoms. The molecule has 0 aliphatic heterocycles. The molecule has 0 fully saturated rings. The van der Waals surface area contributed by atoms with Crippen LogP contribution in [0.2, 0.25) is 0 Å². The summed E-state index contributed by atoms with van der Waals surface area (Å²) in [7, 11) is 0. The summed E-state index contributed by atoms with van der Waals surface area (Å²) < 4.78 is 69.4. The number of allylic oxidation sites excluding steroid dienone is 2. The Hall–Kier alpha value is -0.680. The summed E-state index contributed by atoms with van der Waals surface area (Å²) in [6.45, 7) is 1.02. The molecule has 0 spiro atoms. The van der Waals surface area contributed by atoms with E-state index < -0.39 is 30.4 Å². The second-order valence-electron chi connectivity index (χ2n) is 2.06. The van der Waals surface area contributed by atoms with E-state index in [1.165, 1.54) is 0 Å². The monoisotopic (exact) mass is 192 g/mol. The van der Waals surface area contributed by atoms with E-state index in [1.807, 2.05) is 0 Å². The van der Waals surface area contributed by atoms with Gasteiger partial charge in [0.15, 0.2) is 0 Å².